The quantitative estimate of drug-likeness (QED) is 0.422. The van der Waals surface area contributed by atoms with Crippen LogP contribution < -0.4 is 11.1 Å². The lowest BCUT2D eigenvalue weighted by atomic mass is 10.00. The summed E-state index contributed by atoms with van der Waals surface area (Å²) in [4.78, 5) is 18.6. The molecule has 0 spiro atoms. The standard InChI is InChI=1S/C22H32N4O.C2H6.H2/c1-7-18-13-17(10-11-20(18)23)14-19(26(5)6)15-25-22(27)12-16(4)21(8-2)24-9-3;1-2;/h7-11,13,16,19H,1-3,12,14-15,23H2,4-6H3,(H,25,27);1-2H3;1H/t16-,19-;;/m0../s1. The fraction of sp³-hybridized carbons (Fsp3) is 0.417. The van der Waals surface area contributed by atoms with Crippen molar-refractivity contribution in [1.82, 2.24) is 10.2 Å². The highest BCUT2D eigenvalue weighted by atomic mass is 16.1. The second-order valence-electron chi connectivity index (χ2n) is 6.84. The lowest BCUT2D eigenvalue weighted by Gasteiger charge is -2.25. The van der Waals surface area contributed by atoms with Crippen molar-refractivity contribution in [2.75, 3.05) is 26.4 Å². The van der Waals surface area contributed by atoms with Gasteiger partial charge in [-0.3, -0.25) is 9.79 Å². The van der Waals surface area contributed by atoms with Crippen LogP contribution in [0.15, 0.2) is 55.2 Å². The number of likely N-dealkylation sites (N-methyl/N-ethyl adjacent to an activating group) is 1. The predicted octanol–water partition coefficient (Wildman–Crippen LogP) is 4.57. The van der Waals surface area contributed by atoms with Gasteiger partial charge in [-0.2, -0.15) is 0 Å². The topological polar surface area (TPSA) is 70.7 Å². The summed E-state index contributed by atoms with van der Waals surface area (Å²) >= 11 is 0. The second-order valence-corrected chi connectivity index (χ2v) is 6.84. The Bertz CT molecular complexity index is 713. The molecule has 1 aromatic rings. The zero-order chi connectivity index (χ0) is 22.4. The highest BCUT2D eigenvalue weighted by molar-refractivity contribution is 5.98. The lowest BCUT2D eigenvalue weighted by molar-refractivity contribution is -0.121. The third kappa shape index (κ3) is 9.39. The molecule has 0 aliphatic rings. The number of carbonyl (C=O) groups is 1. The number of nitrogen functional groups attached to an aromatic ring is 1. The zero-order valence-electron chi connectivity index (χ0n) is 18.7. The molecule has 2 atom stereocenters. The molecule has 0 bridgehead atoms. The molecule has 0 aliphatic heterocycles. The average Bonchev–Trinajstić information content (AvgIpc) is 2.71. The number of nitrogens with zero attached hydrogens (tertiary/aromatic N) is 2. The summed E-state index contributed by atoms with van der Waals surface area (Å²) in [6.45, 7) is 17.6. The molecule has 0 fully saturated rings. The van der Waals surface area contributed by atoms with Gasteiger partial charge in [-0.05, 0) is 49.9 Å². The number of aliphatic imine (C=N–C) groups is 1. The molecule has 29 heavy (non-hydrogen) atoms. The van der Waals surface area contributed by atoms with Gasteiger partial charge in [0.05, 0.1) is 0 Å². The minimum Gasteiger partial charge on any atom is -0.398 e. The number of allylic oxidation sites excluding steroid dienone is 1. The fourth-order valence-electron chi connectivity index (χ4n) is 2.81. The highest BCUT2D eigenvalue weighted by Crippen LogP contribution is 2.17. The van der Waals surface area contributed by atoms with Gasteiger partial charge in [0.1, 0.15) is 0 Å². The van der Waals surface area contributed by atoms with E-state index in [0.29, 0.717) is 13.0 Å². The first-order valence-electron chi connectivity index (χ1n) is 10.1. The number of anilines is 1. The Morgan fingerprint density at radius 3 is 2.48 bits per heavy atom. The van der Waals surface area contributed by atoms with Gasteiger partial charge in [-0.15, -0.1) is 0 Å². The Morgan fingerprint density at radius 2 is 1.97 bits per heavy atom. The molecule has 3 N–H and O–H groups in total. The Kier molecular flexibility index (Phi) is 13.0. The van der Waals surface area contributed by atoms with Crippen LogP contribution in [-0.4, -0.2) is 43.2 Å². The van der Waals surface area contributed by atoms with Gasteiger partial charge in [0.15, 0.2) is 0 Å². The molecule has 0 heterocycles. The van der Waals surface area contributed by atoms with Crippen LogP contribution in [0.4, 0.5) is 5.69 Å². The lowest BCUT2D eigenvalue weighted by Crippen LogP contribution is -2.42. The summed E-state index contributed by atoms with van der Waals surface area (Å²) in [6, 6.07) is 6.14. The normalized spacial score (nSPS) is 13.0. The summed E-state index contributed by atoms with van der Waals surface area (Å²) in [6.07, 6.45) is 6.06. The first-order valence-corrected chi connectivity index (χ1v) is 10.1. The number of nitrogens with two attached hydrogens (primary N) is 1. The van der Waals surface area contributed by atoms with E-state index in [4.69, 9.17) is 5.73 Å². The van der Waals surface area contributed by atoms with Crippen LogP contribution in [0.2, 0.25) is 0 Å². The van der Waals surface area contributed by atoms with E-state index in [2.05, 4.69) is 34.9 Å². The van der Waals surface area contributed by atoms with Gasteiger partial charge in [-0.1, -0.05) is 52.7 Å². The molecule has 0 aromatic heterocycles. The van der Waals surface area contributed by atoms with E-state index < -0.39 is 0 Å². The van der Waals surface area contributed by atoms with Crippen LogP contribution >= 0.6 is 0 Å². The molecule has 1 rings (SSSR count). The van der Waals surface area contributed by atoms with Crippen molar-refractivity contribution in [2.45, 2.75) is 39.7 Å². The van der Waals surface area contributed by atoms with E-state index in [1.54, 1.807) is 12.2 Å². The van der Waals surface area contributed by atoms with Gasteiger partial charge < -0.3 is 16.0 Å². The van der Waals surface area contributed by atoms with Gasteiger partial charge in [-0.25, -0.2) is 0 Å². The van der Waals surface area contributed by atoms with E-state index in [1.807, 2.05) is 53.1 Å². The molecular weight excluding hydrogens is 360 g/mol. The summed E-state index contributed by atoms with van der Waals surface area (Å²) in [5.74, 6) is -0.0115. The number of nitrogens with one attached hydrogen (secondary N) is 1. The molecule has 1 amide bonds. The number of hydrogen-bond donors (Lipinski definition) is 2. The van der Waals surface area contributed by atoms with Crippen molar-refractivity contribution in [1.29, 1.82) is 0 Å². The third-order valence-corrected chi connectivity index (χ3v) is 4.55. The van der Waals surface area contributed by atoms with Crippen molar-refractivity contribution >= 4 is 23.4 Å². The van der Waals surface area contributed by atoms with E-state index in [1.165, 1.54) is 6.20 Å². The number of carbonyl (C=O) groups excluding carboxylic acids is 1. The van der Waals surface area contributed by atoms with Crippen molar-refractivity contribution in [2.24, 2.45) is 10.9 Å². The van der Waals surface area contributed by atoms with Gasteiger partial charge in [0.2, 0.25) is 5.91 Å². The SMILES string of the molecule is C=CN=C(C=C)[C@@H](C)CC(=O)NC[C@H](Cc1ccc(N)c(C=C)c1)N(C)C.CC.[HH]. The first-order chi connectivity index (χ1) is 13.8. The zero-order valence-corrected chi connectivity index (χ0v) is 18.7. The number of benzene rings is 1. The summed E-state index contributed by atoms with van der Waals surface area (Å²) < 4.78 is 0. The molecular formula is C24H40N4O. The van der Waals surface area contributed by atoms with Crippen LogP contribution in [-0.2, 0) is 11.2 Å². The Balaban J connectivity index is 0. The molecule has 0 radical (unpaired) electrons. The maximum absolute atomic E-state index is 12.3. The smallest absolute Gasteiger partial charge is 0.220 e. The largest absolute Gasteiger partial charge is 0.398 e. The summed E-state index contributed by atoms with van der Waals surface area (Å²) in [5, 5.41) is 3.04. The third-order valence-electron chi connectivity index (χ3n) is 4.55. The number of hydrogen-bond acceptors (Lipinski definition) is 4. The highest BCUT2D eigenvalue weighted by Gasteiger charge is 2.17. The van der Waals surface area contributed by atoms with E-state index in [-0.39, 0.29) is 19.3 Å². The van der Waals surface area contributed by atoms with Gasteiger partial charge in [0, 0.05) is 44.0 Å². The molecule has 5 heteroatoms. The molecule has 5 nitrogen and oxygen atoms in total. The maximum Gasteiger partial charge on any atom is 0.220 e. The fourth-order valence-corrected chi connectivity index (χ4v) is 2.81. The van der Waals surface area contributed by atoms with Crippen LogP contribution in [0, 0.1) is 5.92 Å². The van der Waals surface area contributed by atoms with Crippen molar-refractivity contribution < 1.29 is 6.22 Å². The van der Waals surface area contributed by atoms with Gasteiger partial charge >= 0.3 is 0 Å². The summed E-state index contributed by atoms with van der Waals surface area (Å²) in [5.41, 5.74) is 9.51. The van der Waals surface area contributed by atoms with E-state index in [9.17, 15) is 4.79 Å². The molecule has 162 valence electrons. The number of rotatable bonds is 11. The summed E-state index contributed by atoms with van der Waals surface area (Å²) in [7, 11) is 4.02. The molecule has 0 saturated carbocycles. The molecule has 1 aromatic carbocycles. The second kappa shape index (κ2) is 14.4. The van der Waals surface area contributed by atoms with Crippen molar-refractivity contribution in [3.63, 3.8) is 0 Å². The van der Waals surface area contributed by atoms with E-state index in [0.717, 1.165) is 28.9 Å². The molecule has 0 aliphatic carbocycles. The maximum atomic E-state index is 12.3. The molecule has 0 unspecified atom stereocenters. The number of amides is 1. The van der Waals surface area contributed by atoms with Crippen molar-refractivity contribution in [3.05, 3.63) is 61.3 Å². The van der Waals surface area contributed by atoms with E-state index >= 15 is 0 Å². The van der Waals surface area contributed by atoms with Crippen LogP contribution in [0.1, 0.15) is 39.7 Å². The predicted molar refractivity (Wildman–Crippen MR) is 130 cm³/mol. The Morgan fingerprint density at radius 1 is 1.31 bits per heavy atom. The van der Waals surface area contributed by atoms with Crippen LogP contribution in [0.25, 0.3) is 6.08 Å². The molecule has 0 saturated heterocycles. The minimum absolute atomic E-state index is 0. The van der Waals surface area contributed by atoms with Gasteiger partial charge in [0.25, 0.3) is 0 Å². The Labute approximate surface area is 178 Å². The Hall–Kier alpha value is -2.66. The first kappa shape index (κ1) is 26.3. The van der Waals surface area contributed by atoms with Crippen LogP contribution in [0.5, 0.6) is 0 Å². The van der Waals surface area contributed by atoms with Crippen LogP contribution in [0.3, 0.4) is 0 Å². The van der Waals surface area contributed by atoms with Crippen molar-refractivity contribution in [3.8, 4) is 0 Å². The average molecular weight is 401 g/mol. The minimum atomic E-state index is -0.00875. The monoisotopic (exact) mass is 400 g/mol.